The standard InChI is InChI=1S/C13H13BrN2O/c1-9-10(2)13(17)16(8-12(9)14)7-11-5-3-4-6-15-11/h3-6,8H,7H2,1-2H3. The molecule has 0 N–H and O–H groups in total. The molecule has 2 rings (SSSR count). The van der Waals surface area contributed by atoms with Gasteiger partial charge >= 0.3 is 0 Å². The van der Waals surface area contributed by atoms with Gasteiger partial charge in [-0.15, -0.1) is 0 Å². The van der Waals surface area contributed by atoms with Crippen LogP contribution in [-0.2, 0) is 6.54 Å². The molecule has 88 valence electrons. The molecule has 0 unspecified atom stereocenters. The zero-order chi connectivity index (χ0) is 12.4. The van der Waals surface area contributed by atoms with E-state index < -0.39 is 0 Å². The first-order valence-corrected chi connectivity index (χ1v) is 6.15. The van der Waals surface area contributed by atoms with E-state index in [1.807, 2.05) is 38.2 Å². The van der Waals surface area contributed by atoms with Crippen molar-refractivity contribution in [3.05, 3.63) is 62.2 Å². The van der Waals surface area contributed by atoms with Crippen LogP contribution in [0.4, 0.5) is 0 Å². The molecule has 4 heteroatoms. The van der Waals surface area contributed by atoms with Gasteiger partial charge in [0.1, 0.15) is 0 Å². The summed E-state index contributed by atoms with van der Waals surface area (Å²) in [6.45, 7) is 4.28. The van der Waals surface area contributed by atoms with E-state index in [0.717, 1.165) is 21.3 Å². The highest BCUT2D eigenvalue weighted by atomic mass is 79.9. The van der Waals surface area contributed by atoms with Crippen LogP contribution in [-0.4, -0.2) is 9.55 Å². The summed E-state index contributed by atoms with van der Waals surface area (Å²) in [6, 6.07) is 5.70. The van der Waals surface area contributed by atoms with Crippen molar-refractivity contribution in [1.82, 2.24) is 9.55 Å². The molecule has 0 saturated heterocycles. The second-order valence-corrected chi connectivity index (χ2v) is 4.84. The number of nitrogens with zero attached hydrogens (tertiary/aromatic N) is 2. The molecular weight excluding hydrogens is 280 g/mol. The molecule has 0 atom stereocenters. The summed E-state index contributed by atoms with van der Waals surface area (Å²) < 4.78 is 2.62. The van der Waals surface area contributed by atoms with E-state index in [4.69, 9.17) is 0 Å². The first kappa shape index (κ1) is 12.0. The SMILES string of the molecule is Cc1c(Br)cn(Cc2ccccn2)c(=O)c1C. The maximum atomic E-state index is 12.1. The Morgan fingerprint density at radius 2 is 2.06 bits per heavy atom. The van der Waals surface area contributed by atoms with Gasteiger partial charge in [0.25, 0.3) is 5.56 Å². The van der Waals surface area contributed by atoms with E-state index in [1.54, 1.807) is 10.8 Å². The Morgan fingerprint density at radius 3 is 2.71 bits per heavy atom. The van der Waals surface area contributed by atoms with Crippen LogP contribution in [0.5, 0.6) is 0 Å². The van der Waals surface area contributed by atoms with Crippen molar-refractivity contribution in [1.29, 1.82) is 0 Å². The normalized spacial score (nSPS) is 10.5. The average molecular weight is 293 g/mol. The molecule has 2 aromatic rings. The van der Waals surface area contributed by atoms with Crippen LogP contribution in [0.15, 0.2) is 39.9 Å². The first-order valence-electron chi connectivity index (χ1n) is 5.35. The Labute approximate surface area is 108 Å². The van der Waals surface area contributed by atoms with E-state index >= 15 is 0 Å². The molecule has 3 nitrogen and oxygen atoms in total. The van der Waals surface area contributed by atoms with Gasteiger partial charge in [0.2, 0.25) is 0 Å². The number of halogens is 1. The van der Waals surface area contributed by atoms with Crippen LogP contribution < -0.4 is 5.56 Å². The zero-order valence-electron chi connectivity index (χ0n) is 9.77. The van der Waals surface area contributed by atoms with E-state index in [-0.39, 0.29) is 5.56 Å². The molecule has 0 bridgehead atoms. The monoisotopic (exact) mass is 292 g/mol. The predicted molar refractivity (Wildman–Crippen MR) is 71.2 cm³/mol. The van der Waals surface area contributed by atoms with E-state index in [0.29, 0.717) is 6.54 Å². The lowest BCUT2D eigenvalue weighted by Gasteiger charge is -2.10. The van der Waals surface area contributed by atoms with Gasteiger partial charge in [-0.25, -0.2) is 0 Å². The predicted octanol–water partition coefficient (Wildman–Crippen LogP) is 2.67. The molecule has 0 saturated carbocycles. The second kappa shape index (κ2) is 4.84. The van der Waals surface area contributed by atoms with Crippen LogP contribution in [0.25, 0.3) is 0 Å². The molecule has 0 aliphatic rings. The minimum atomic E-state index is 0.0383. The van der Waals surface area contributed by atoms with Crippen molar-refractivity contribution < 1.29 is 0 Å². The molecule has 2 aromatic heterocycles. The smallest absolute Gasteiger partial charge is 0.254 e. The van der Waals surface area contributed by atoms with E-state index in [1.165, 1.54) is 0 Å². The summed E-state index contributed by atoms with van der Waals surface area (Å²) in [5.74, 6) is 0. The van der Waals surface area contributed by atoms with Crippen LogP contribution >= 0.6 is 15.9 Å². The van der Waals surface area contributed by atoms with Gasteiger partial charge in [-0.1, -0.05) is 6.07 Å². The summed E-state index contributed by atoms with van der Waals surface area (Å²) in [4.78, 5) is 16.3. The largest absolute Gasteiger partial charge is 0.308 e. The number of aromatic nitrogens is 2. The second-order valence-electron chi connectivity index (χ2n) is 3.98. The Balaban J connectivity index is 2.44. The quantitative estimate of drug-likeness (QED) is 0.853. The molecule has 0 amide bonds. The van der Waals surface area contributed by atoms with Crippen LogP contribution in [0.3, 0.4) is 0 Å². The summed E-state index contributed by atoms with van der Waals surface area (Å²) in [6.07, 6.45) is 3.55. The number of rotatable bonds is 2. The van der Waals surface area contributed by atoms with Crippen molar-refractivity contribution in [2.75, 3.05) is 0 Å². The van der Waals surface area contributed by atoms with Crippen LogP contribution in [0.2, 0.25) is 0 Å². The topological polar surface area (TPSA) is 34.9 Å². The van der Waals surface area contributed by atoms with Gasteiger partial charge in [-0.2, -0.15) is 0 Å². The summed E-state index contributed by atoms with van der Waals surface area (Å²) in [5.41, 5.74) is 2.68. The molecule has 0 aromatic carbocycles. The fourth-order valence-electron chi connectivity index (χ4n) is 1.63. The van der Waals surface area contributed by atoms with Gasteiger partial charge in [0, 0.05) is 22.4 Å². The van der Waals surface area contributed by atoms with Crippen molar-refractivity contribution >= 4 is 15.9 Å². The fraction of sp³-hybridized carbons (Fsp3) is 0.231. The molecule has 0 aliphatic carbocycles. The zero-order valence-corrected chi connectivity index (χ0v) is 11.4. The Kier molecular flexibility index (Phi) is 3.43. The van der Waals surface area contributed by atoms with E-state index in [9.17, 15) is 4.79 Å². The summed E-state index contributed by atoms with van der Waals surface area (Å²) in [7, 11) is 0. The van der Waals surface area contributed by atoms with E-state index in [2.05, 4.69) is 20.9 Å². The van der Waals surface area contributed by atoms with Gasteiger partial charge in [0.05, 0.1) is 12.2 Å². The molecule has 0 spiro atoms. The van der Waals surface area contributed by atoms with Crippen LogP contribution in [0, 0.1) is 13.8 Å². The highest BCUT2D eigenvalue weighted by molar-refractivity contribution is 9.10. The molecule has 17 heavy (non-hydrogen) atoms. The molecule has 0 fully saturated rings. The Bertz CT molecular complexity index is 590. The third-order valence-electron chi connectivity index (χ3n) is 2.83. The van der Waals surface area contributed by atoms with Gasteiger partial charge in [-0.3, -0.25) is 9.78 Å². The average Bonchev–Trinajstić information content (AvgIpc) is 2.35. The lowest BCUT2D eigenvalue weighted by atomic mass is 10.2. The Morgan fingerprint density at radius 1 is 1.29 bits per heavy atom. The highest BCUT2D eigenvalue weighted by Crippen LogP contribution is 2.16. The maximum absolute atomic E-state index is 12.1. The van der Waals surface area contributed by atoms with Gasteiger partial charge in [-0.05, 0) is 47.5 Å². The van der Waals surface area contributed by atoms with Crippen LogP contribution in [0.1, 0.15) is 16.8 Å². The highest BCUT2D eigenvalue weighted by Gasteiger charge is 2.07. The fourth-order valence-corrected chi connectivity index (χ4v) is 2.18. The summed E-state index contributed by atoms with van der Waals surface area (Å²) >= 11 is 3.46. The third-order valence-corrected chi connectivity index (χ3v) is 3.63. The van der Waals surface area contributed by atoms with Gasteiger partial charge in [0.15, 0.2) is 0 Å². The molecular formula is C13H13BrN2O. The molecule has 0 radical (unpaired) electrons. The van der Waals surface area contributed by atoms with Crippen molar-refractivity contribution in [3.63, 3.8) is 0 Å². The lowest BCUT2D eigenvalue weighted by Crippen LogP contribution is -2.23. The number of pyridine rings is 2. The van der Waals surface area contributed by atoms with Gasteiger partial charge < -0.3 is 4.57 Å². The Hall–Kier alpha value is -1.42. The third kappa shape index (κ3) is 2.47. The number of hydrogen-bond donors (Lipinski definition) is 0. The molecule has 2 heterocycles. The first-order chi connectivity index (χ1) is 8.09. The minimum Gasteiger partial charge on any atom is -0.308 e. The van der Waals surface area contributed by atoms with Crippen molar-refractivity contribution in [2.45, 2.75) is 20.4 Å². The summed E-state index contributed by atoms with van der Waals surface area (Å²) in [5, 5.41) is 0. The minimum absolute atomic E-state index is 0.0383. The van der Waals surface area contributed by atoms with Crippen molar-refractivity contribution in [3.8, 4) is 0 Å². The maximum Gasteiger partial charge on any atom is 0.254 e. The number of hydrogen-bond acceptors (Lipinski definition) is 2. The molecule has 0 aliphatic heterocycles. The lowest BCUT2D eigenvalue weighted by molar-refractivity contribution is 0.727. The van der Waals surface area contributed by atoms with Crippen molar-refractivity contribution in [2.24, 2.45) is 0 Å².